The molecule has 2 saturated heterocycles. The molecule has 2 aromatic carbocycles. The van der Waals surface area contributed by atoms with Crippen molar-refractivity contribution in [2.45, 2.75) is 76.3 Å². The Hall–Kier alpha value is -1.27. The van der Waals surface area contributed by atoms with Gasteiger partial charge in [-0.1, -0.05) is 62.1 Å². The lowest BCUT2D eigenvalue weighted by Gasteiger charge is -2.30. The minimum atomic E-state index is 0.271. The molecule has 3 nitrogen and oxygen atoms in total. The first kappa shape index (κ1) is 26.9. The molecule has 0 amide bonds. The van der Waals surface area contributed by atoms with Gasteiger partial charge < -0.3 is 0 Å². The van der Waals surface area contributed by atoms with Crippen molar-refractivity contribution in [2.75, 3.05) is 49.2 Å². The lowest BCUT2D eigenvalue weighted by molar-refractivity contribution is 0.103. The number of rotatable bonds is 8. The number of hydrogen-bond donors (Lipinski definition) is 0. The van der Waals surface area contributed by atoms with E-state index < -0.39 is 0 Å². The Balaban J connectivity index is 1.40. The first-order chi connectivity index (χ1) is 18.8. The van der Waals surface area contributed by atoms with E-state index >= 15 is 0 Å². The monoisotopic (exact) mass is 548 g/mol. The summed E-state index contributed by atoms with van der Waals surface area (Å²) in [7, 11) is 0. The summed E-state index contributed by atoms with van der Waals surface area (Å²) in [5.74, 6) is 6.33. The second kappa shape index (κ2) is 12.9. The molecular formula is C33H44N2OS2. The van der Waals surface area contributed by atoms with Crippen LogP contribution in [0.2, 0.25) is 0 Å². The van der Waals surface area contributed by atoms with E-state index in [1.807, 2.05) is 0 Å². The largest absolute Gasteiger partial charge is 0.297 e. The van der Waals surface area contributed by atoms with E-state index in [9.17, 15) is 4.79 Å². The summed E-state index contributed by atoms with van der Waals surface area (Å²) in [6.45, 7) is 6.38. The summed E-state index contributed by atoms with van der Waals surface area (Å²) in [4.78, 5) is 19.9. The van der Waals surface area contributed by atoms with Gasteiger partial charge in [-0.2, -0.15) is 23.5 Å². The number of nitrogens with zero attached hydrogens (tertiary/aromatic N) is 2. The number of carbonyl (C=O) groups excluding carboxylic acids is 1. The molecule has 2 aromatic rings. The molecule has 0 radical (unpaired) electrons. The third-order valence-electron chi connectivity index (χ3n) is 9.47. The lowest BCUT2D eigenvalue weighted by atomic mass is 9.84. The van der Waals surface area contributed by atoms with Gasteiger partial charge >= 0.3 is 0 Å². The predicted molar refractivity (Wildman–Crippen MR) is 164 cm³/mol. The maximum Gasteiger partial charge on any atom is 0.193 e. The summed E-state index contributed by atoms with van der Waals surface area (Å²) in [5.41, 5.74) is 7.56. The highest BCUT2D eigenvalue weighted by atomic mass is 32.2. The maximum absolute atomic E-state index is 14.7. The number of thioether (sulfide) groups is 2. The number of carbonyl (C=O) groups is 1. The van der Waals surface area contributed by atoms with Gasteiger partial charge in [-0.05, 0) is 59.8 Å². The van der Waals surface area contributed by atoms with Crippen molar-refractivity contribution >= 4 is 29.3 Å². The number of benzene rings is 2. The van der Waals surface area contributed by atoms with Crippen molar-refractivity contribution in [3.05, 3.63) is 69.8 Å². The fourth-order valence-electron chi connectivity index (χ4n) is 7.34. The fourth-order valence-corrected chi connectivity index (χ4v) is 9.29. The van der Waals surface area contributed by atoms with E-state index in [-0.39, 0.29) is 5.78 Å². The van der Waals surface area contributed by atoms with Crippen LogP contribution in [0.4, 0.5) is 0 Å². The minimum Gasteiger partial charge on any atom is -0.297 e. The van der Waals surface area contributed by atoms with Crippen LogP contribution in [0.1, 0.15) is 101 Å². The van der Waals surface area contributed by atoms with Crippen molar-refractivity contribution < 1.29 is 4.79 Å². The van der Waals surface area contributed by atoms with Gasteiger partial charge in [-0.25, -0.2) is 0 Å². The predicted octanol–water partition coefficient (Wildman–Crippen LogP) is 7.33. The Morgan fingerprint density at radius 1 is 0.632 bits per heavy atom. The van der Waals surface area contributed by atoms with Crippen LogP contribution in [0, 0.1) is 0 Å². The third kappa shape index (κ3) is 6.06. The Morgan fingerprint density at radius 2 is 1.03 bits per heavy atom. The van der Waals surface area contributed by atoms with E-state index in [0.717, 1.165) is 50.4 Å². The molecule has 0 unspecified atom stereocenters. The molecule has 204 valence electrons. The highest BCUT2D eigenvalue weighted by Gasteiger charge is 2.29. The molecule has 5 heteroatoms. The highest BCUT2D eigenvalue weighted by Crippen LogP contribution is 2.40. The quantitative estimate of drug-likeness (QED) is 0.322. The van der Waals surface area contributed by atoms with Gasteiger partial charge in [0.05, 0.1) is 0 Å². The van der Waals surface area contributed by atoms with Crippen LogP contribution in [0.5, 0.6) is 0 Å². The summed E-state index contributed by atoms with van der Waals surface area (Å²) in [6.07, 6.45) is 10.4. The molecule has 0 bridgehead atoms. The maximum atomic E-state index is 14.7. The van der Waals surface area contributed by atoms with E-state index in [0.29, 0.717) is 11.8 Å². The summed E-state index contributed by atoms with van der Waals surface area (Å²) in [6, 6.07) is 13.4. The van der Waals surface area contributed by atoms with Crippen molar-refractivity contribution in [1.82, 2.24) is 9.80 Å². The van der Waals surface area contributed by atoms with Crippen LogP contribution in [0.25, 0.3) is 0 Å². The molecule has 38 heavy (non-hydrogen) atoms. The first-order valence-electron chi connectivity index (χ1n) is 15.2. The molecule has 2 saturated carbocycles. The van der Waals surface area contributed by atoms with Crippen LogP contribution >= 0.6 is 23.5 Å². The number of hydrogen-bond acceptors (Lipinski definition) is 5. The molecule has 0 spiro atoms. The average Bonchev–Trinajstić information content (AvgIpc) is 3.69. The Kier molecular flexibility index (Phi) is 9.16. The minimum absolute atomic E-state index is 0.271. The van der Waals surface area contributed by atoms with Gasteiger partial charge in [0.25, 0.3) is 0 Å². The highest BCUT2D eigenvalue weighted by molar-refractivity contribution is 7.99. The van der Waals surface area contributed by atoms with Crippen LogP contribution in [0.15, 0.2) is 36.4 Å². The normalized spacial score (nSPS) is 22.3. The lowest BCUT2D eigenvalue weighted by Crippen LogP contribution is -2.34. The molecule has 4 aliphatic rings. The molecule has 0 aromatic heterocycles. The topological polar surface area (TPSA) is 23.6 Å². The van der Waals surface area contributed by atoms with Crippen molar-refractivity contribution in [3.63, 3.8) is 0 Å². The summed E-state index contributed by atoms with van der Waals surface area (Å²) < 4.78 is 0. The summed E-state index contributed by atoms with van der Waals surface area (Å²) >= 11 is 4.13. The summed E-state index contributed by atoms with van der Waals surface area (Å²) in [5, 5.41) is 0. The average molecular weight is 549 g/mol. The van der Waals surface area contributed by atoms with Gasteiger partial charge in [-0.15, -0.1) is 0 Å². The van der Waals surface area contributed by atoms with E-state index in [4.69, 9.17) is 0 Å². The molecule has 2 heterocycles. The zero-order valence-corrected chi connectivity index (χ0v) is 24.6. The van der Waals surface area contributed by atoms with Gasteiger partial charge in [0, 0.05) is 73.4 Å². The Labute approximate surface area is 238 Å². The number of ketones is 1. The first-order valence-corrected chi connectivity index (χ1v) is 17.5. The van der Waals surface area contributed by atoms with Gasteiger partial charge in [0.15, 0.2) is 5.78 Å². The standard InChI is InChI=1S/C33H44N2OS2/c36-33(29-13-5-11-27(25-7-1-2-8-25)31(29)23-34-15-19-37-20-16-34)30-14-6-12-28(26-9-3-4-10-26)32(30)24-35-17-21-38-22-18-35/h5-6,11-14,25-26H,1-4,7-10,15-24H2. The zero-order chi connectivity index (χ0) is 25.7. The Morgan fingerprint density at radius 3 is 1.42 bits per heavy atom. The van der Waals surface area contributed by atoms with Gasteiger partial charge in [-0.3, -0.25) is 14.6 Å². The smallest absolute Gasteiger partial charge is 0.193 e. The molecule has 4 fully saturated rings. The van der Waals surface area contributed by atoms with Crippen LogP contribution in [-0.4, -0.2) is 64.8 Å². The van der Waals surface area contributed by atoms with Crippen molar-refractivity contribution in [2.24, 2.45) is 0 Å². The molecule has 6 rings (SSSR count). The van der Waals surface area contributed by atoms with Gasteiger partial charge in [0.2, 0.25) is 0 Å². The van der Waals surface area contributed by atoms with Crippen molar-refractivity contribution in [1.29, 1.82) is 0 Å². The molecular weight excluding hydrogens is 505 g/mol. The van der Waals surface area contributed by atoms with Crippen molar-refractivity contribution in [3.8, 4) is 0 Å². The van der Waals surface area contributed by atoms with E-state index in [2.05, 4.69) is 69.7 Å². The Bertz CT molecular complexity index is 1010. The van der Waals surface area contributed by atoms with Crippen LogP contribution in [0.3, 0.4) is 0 Å². The molecule has 2 aliphatic heterocycles. The van der Waals surface area contributed by atoms with Crippen LogP contribution in [-0.2, 0) is 13.1 Å². The van der Waals surface area contributed by atoms with Crippen LogP contribution < -0.4 is 0 Å². The second-order valence-electron chi connectivity index (χ2n) is 11.8. The molecule has 0 N–H and O–H groups in total. The zero-order valence-electron chi connectivity index (χ0n) is 23.0. The van der Waals surface area contributed by atoms with E-state index in [1.165, 1.54) is 96.6 Å². The molecule has 0 atom stereocenters. The third-order valence-corrected chi connectivity index (χ3v) is 11.4. The SMILES string of the molecule is O=C(c1cccc(C2CCCC2)c1CN1CCSCC1)c1cccc(C2CCCC2)c1CN1CCSCC1. The fraction of sp³-hybridized carbons (Fsp3) is 0.606. The second-order valence-corrected chi connectivity index (χ2v) is 14.3. The molecule has 2 aliphatic carbocycles. The van der Waals surface area contributed by atoms with Gasteiger partial charge in [0.1, 0.15) is 0 Å². The van der Waals surface area contributed by atoms with E-state index in [1.54, 1.807) is 0 Å².